The number of aryl methyl sites for hydroxylation is 1. The summed E-state index contributed by atoms with van der Waals surface area (Å²) in [6, 6.07) is 7.76. The molecule has 1 aromatic carbocycles. The zero-order chi connectivity index (χ0) is 25.6. The van der Waals surface area contributed by atoms with Crippen molar-refractivity contribution in [1.29, 1.82) is 5.41 Å². The Bertz CT molecular complexity index is 1380. The number of hydrogen-bond acceptors (Lipinski definition) is 5. The highest BCUT2D eigenvalue weighted by Crippen LogP contribution is 2.32. The topological polar surface area (TPSA) is 94.1 Å². The van der Waals surface area contributed by atoms with Gasteiger partial charge in [-0.25, -0.2) is 0 Å². The van der Waals surface area contributed by atoms with Crippen molar-refractivity contribution in [2.45, 2.75) is 46.5 Å². The number of nitrogens with one attached hydrogen (secondary N) is 1. The van der Waals surface area contributed by atoms with Gasteiger partial charge in [0.1, 0.15) is 5.04 Å². The number of likely N-dealkylation sites (tertiary alicyclic amines) is 1. The number of amidine groups is 2. The summed E-state index contributed by atoms with van der Waals surface area (Å²) in [5.74, 6) is -0.498. The lowest BCUT2D eigenvalue weighted by Crippen LogP contribution is -2.36. The monoisotopic (exact) mass is 522 g/mol. The first-order chi connectivity index (χ1) is 17.2. The van der Waals surface area contributed by atoms with Gasteiger partial charge in [-0.2, -0.15) is 15.1 Å². The highest BCUT2D eigenvalue weighted by atomic mass is 35.5. The van der Waals surface area contributed by atoms with Crippen LogP contribution in [0.5, 0.6) is 0 Å². The van der Waals surface area contributed by atoms with Crippen LogP contribution in [0.3, 0.4) is 0 Å². The molecule has 1 fully saturated rings. The number of piperidine rings is 1. The smallest absolute Gasteiger partial charge is 0.283 e. The Morgan fingerprint density at radius 3 is 2.69 bits per heavy atom. The van der Waals surface area contributed by atoms with Crippen LogP contribution in [0.25, 0.3) is 11.8 Å². The number of thioether (sulfide) groups is 1. The van der Waals surface area contributed by atoms with Crippen molar-refractivity contribution in [3.8, 4) is 5.69 Å². The standard InChI is InChI=1S/C26H27ClN6O2S/c1-15-12-18(17(3)32(15)21-9-7-8-20(27)16(21)2)13-19-24(28)33-26(29-25(19)35)36-22(30-33)14-23(34)31-10-5-4-6-11-31/h7-9,12-13,28H,4-6,10-11,14H2,1-3H3. The van der Waals surface area contributed by atoms with Crippen LogP contribution in [0.4, 0.5) is 0 Å². The van der Waals surface area contributed by atoms with Crippen molar-refractivity contribution in [1.82, 2.24) is 14.5 Å². The van der Waals surface area contributed by atoms with E-state index in [1.807, 2.05) is 49.9 Å². The number of hydrogen-bond donors (Lipinski definition) is 1. The Hall–Kier alpha value is -3.17. The van der Waals surface area contributed by atoms with Crippen molar-refractivity contribution < 1.29 is 9.59 Å². The van der Waals surface area contributed by atoms with Crippen molar-refractivity contribution in [3.05, 3.63) is 57.4 Å². The lowest BCUT2D eigenvalue weighted by atomic mass is 10.1. The van der Waals surface area contributed by atoms with Gasteiger partial charge in [-0.1, -0.05) is 17.7 Å². The van der Waals surface area contributed by atoms with Crippen LogP contribution in [-0.4, -0.2) is 55.4 Å². The van der Waals surface area contributed by atoms with Crippen LogP contribution in [0.15, 0.2) is 39.9 Å². The van der Waals surface area contributed by atoms with Crippen LogP contribution >= 0.6 is 23.4 Å². The molecule has 2 amide bonds. The summed E-state index contributed by atoms with van der Waals surface area (Å²) in [7, 11) is 0. The van der Waals surface area contributed by atoms with Gasteiger partial charge >= 0.3 is 0 Å². The van der Waals surface area contributed by atoms with E-state index in [1.54, 1.807) is 6.08 Å². The van der Waals surface area contributed by atoms with E-state index in [1.165, 1.54) is 16.8 Å². The Balaban J connectivity index is 1.41. The fraction of sp³-hybridized carbons (Fsp3) is 0.346. The molecule has 0 atom stereocenters. The fourth-order valence-corrected chi connectivity index (χ4v) is 5.83. The number of aliphatic imine (C=N–C) groups is 1. The average molecular weight is 523 g/mol. The van der Waals surface area contributed by atoms with Gasteiger partial charge in [0.15, 0.2) is 5.84 Å². The van der Waals surface area contributed by atoms with Gasteiger partial charge in [0.25, 0.3) is 5.91 Å². The Morgan fingerprint density at radius 2 is 1.94 bits per heavy atom. The summed E-state index contributed by atoms with van der Waals surface area (Å²) in [6.45, 7) is 7.49. The van der Waals surface area contributed by atoms with E-state index in [0.717, 1.165) is 60.6 Å². The summed E-state index contributed by atoms with van der Waals surface area (Å²) in [4.78, 5) is 31.6. The normalized spacial score (nSPS) is 19.1. The molecule has 5 rings (SSSR count). The molecule has 1 saturated heterocycles. The summed E-state index contributed by atoms with van der Waals surface area (Å²) in [5.41, 5.74) is 4.82. The second-order valence-corrected chi connectivity index (χ2v) is 10.6. The number of carbonyl (C=O) groups excluding carboxylic acids is 2. The SMILES string of the molecule is Cc1c(Cl)cccc1-n1c(C)cc(C=C2C(=N)N3N=C(CC(=O)N4CCCCC4)SC3=NC2=O)c1C. The summed E-state index contributed by atoms with van der Waals surface area (Å²) < 4.78 is 2.09. The highest BCUT2D eigenvalue weighted by Gasteiger charge is 2.36. The van der Waals surface area contributed by atoms with E-state index in [-0.39, 0.29) is 23.7 Å². The molecule has 1 N–H and O–H groups in total. The van der Waals surface area contributed by atoms with Gasteiger partial charge in [0.2, 0.25) is 11.1 Å². The van der Waals surface area contributed by atoms with Crippen molar-refractivity contribution in [2.75, 3.05) is 13.1 Å². The number of hydrazone groups is 1. The van der Waals surface area contributed by atoms with Crippen molar-refractivity contribution in [3.63, 3.8) is 0 Å². The minimum absolute atomic E-state index is 0.0266. The largest absolute Gasteiger partial charge is 0.342 e. The quantitative estimate of drug-likeness (QED) is 0.567. The minimum atomic E-state index is -0.485. The number of halogens is 1. The molecule has 0 bridgehead atoms. The molecule has 0 spiro atoms. The first kappa shape index (κ1) is 24.5. The van der Waals surface area contributed by atoms with Crippen LogP contribution in [-0.2, 0) is 9.59 Å². The van der Waals surface area contributed by atoms with E-state index in [9.17, 15) is 9.59 Å². The second kappa shape index (κ2) is 9.71. The number of rotatable bonds is 4. The maximum absolute atomic E-state index is 12.9. The first-order valence-electron chi connectivity index (χ1n) is 12.0. The average Bonchev–Trinajstić information content (AvgIpc) is 3.38. The number of aromatic nitrogens is 1. The van der Waals surface area contributed by atoms with E-state index in [4.69, 9.17) is 17.0 Å². The predicted octanol–water partition coefficient (Wildman–Crippen LogP) is 5.08. The van der Waals surface area contributed by atoms with Gasteiger partial charge in [-0.3, -0.25) is 15.0 Å². The van der Waals surface area contributed by atoms with E-state index >= 15 is 0 Å². The predicted molar refractivity (Wildman–Crippen MR) is 145 cm³/mol. The summed E-state index contributed by atoms with van der Waals surface area (Å²) >= 11 is 7.54. The number of carbonyl (C=O) groups is 2. The number of amides is 2. The summed E-state index contributed by atoms with van der Waals surface area (Å²) in [6.07, 6.45) is 5.05. The Labute approximate surface area is 219 Å². The molecule has 0 saturated carbocycles. The molecule has 0 unspecified atom stereocenters. The van der Waals surface area contributed by atoms with Gasteiger partial charge < -0.3 is 9.47 Å². The third-order valence-electron chi connectivity index (χ3n) is 6.76. The first-order valence-corrected chi connectivity index (χ1v) is 13.2. The van der Waals surface area contributed by atoms with Crippen LogP contribution in [0, 0.1) is 26.2 Å². The third-order valence-corrected chi connectivity index (χ3v) is 8.08. The number of benzene rings is 1. The molecule has 3 aliphatic heterocycles. The van der Waals surface area contributed by atoms with E-state index in [2.05, 4.69) is 14.7 Å². The Kier molecular flexibility index (Phi) is 6.61. The van der Waals surface area contributed by atoms with Crippen molar-refractivity contribution >= 4 is 57.3 Å². The van der Waals surface area contributed by atoms with Crippen LogP contribution in [0.1, 0.15) is 48.2 Å². The highest BCUT2D eigenvalue weighted by molar-refractivity contribution is 8.27. The maximum Gasteiger partial charge on any atom is 0.283 e. The number of nitrogens with zero attached hydrogens (tertiary/aromatic N) is 5. The lowest BCUT2D eigenvalue weighted by Gasteiger charge is -2.26. The molecule has 3 aliphatic rings. The van der Waals surface area contributed by atoms with Gasteiger partial charge in [0.05, 0.1) is 12.0 Å². The fourth-order valence-electron chi connectivity index (χ4n) is 4.79. The molecule has 8 nitrogen and oxygen atoms in total. The molecule has 0 aliphatic carbocycles. The molecule has 0 radical (unpaired) electrons. The molecule has 36 heavy (non-hydrogen) atoms. The Morgan fingerprint density at radius 1 is 1.19 bits per heavy atom. The van der Waals surface area contributed by atoms with Gasteiger partial charge in [-0.05, 0) is 87.2 Å². The number of fused-ring (bicyclic) bond motifs is 1. The summed E-state index contributed by atoms with van der Waals surface area (Å²) in [5, 5.41) is 16.1. The molecular formula is C26H27ClN6O2S. The lowest BCUT2D eigenvalue weighted by molar-refractivity contribution is -0.130. The molecule has 1 aromatic heterocycles. The van der Waals surface area contributed by atoms with Gasteiger partial charge in [0, 0.05) is 35.2 Å². The maximum atomic E-state index is 12.9. The van der Waals surface area contributed by atoms with Gasteiger partial charge in [-0.15, -0.1) is 0 Å². The molecule has 10 heteroatoms. The van der Waals surface area contributed by atoms with Crippen LogP contribution < -0.4 is 0 Å². The van der Waals surface area contributed by atoms with E-state index in [0.29, 0.717) is 15.2 Å². The van der Waals surface area contributed by atoms with Crippen molar-refractivity contribution in [2.24, 2.45) is 10.1 Å². The molecule has 4 heterocycles. The third kappa shape index (κ3) is 4.41. The zero-order valence-electron chi connectivity index (χ0n) is 20.5. The van der Waals surface area contributed by atoms with Crippen LogP contribution in [0.2, 0.25) is 5.02 Å². The molecular weight excluding hydrogens is 496 g/mol. The second-order valence-electron chi connectivity index (χ2n) is 9.18. The minimum Gasteiger partial charge on any atom is -0.342 e. The van der Waals surface area contributed by atoms with E-state index < -0.39 is 5.91 Å². The zero-order valence-corrected chi connectivity index (χ0v) is 22.0. The molecule has 186 valence electrons. The molecule has 2 aromatic rings.